The van der Waals surface area contributed by atoms with Crippen molar-refractivity contribution in [3.8, 4) is 0 Å². The number of hydrogen-bond acceptors (Lipinski definition) is 5. The summed E-state index contributed by atoms with van der Waals surface area (Å²) in [5, 5.41) is 3.12. The fourth-order valence-corrected chi connectivity index (χ4v) is 2.89. The quantitative estimate of drug-likeness (QED) is 0.909. The molecule has 0 aliphatic carbocycles. The van der Waals surface area contributed by atoms with Crippen molar-refractivity contribution in [2.45, 2.75) is 18.4 Å². The molecule has 0 unspecified atom stereocenters. The maximum Gasteiger partial charge on any atom is 0.244 e. The molecule has 0 aliphatic heterocycles. The van der Waals surface area contributed by atoms with Crippen LogP contribution in [0.3, 0.4) is 0 Å². The maximum atomic E-state index is 12.3. The van der Waals surface area contributed by atoms with E-state index in [1.165, 1.54) is 18.4 Å². The van der Waals surface area contributed by atoms with Crippen LogP contribution in [0.5, 0.6) is 0 Å². The summed E-state index contributed by atoms with van der Waals surface area (Å²) in [6.45, 7) is 2.25. The first-order valence-corrected chi connectivity index (χ1v) is 7.89. The van der Waals surface area contributed by atoms with E-state index >= 15 is 0 Å². The van der Waals surface area contributed by atoms with Gasteiger partial charge in [-0.25, -0.2) is 22.7 Å². The van der Waals surface area contributed by atoms with Gasteiger partial charge in [0.1, 0.15) is 10.7 Å². The van der Waals surface area contributed by atoms with Crippen molar-refractivity contribution in [3.63, 3.8) is 0 Å². The zero-order chi connectivity index (χ0) is 15.5. The molecule has 2 rings (SSSR count). The Labute approximate surface area is 124 Å². The van der Waals surface area contributed by atoms with E-state index in [2.05, 4.69) is 15.3 Å². The van der Waals surface area contributed by atoms with Gasteiger partial charge in [0, 0.05) is 20.3 Å². The van der Waals surface area contributed by atoms with Crippen LogP contribution in [-0.4, -0.2) is 36.8 Å². The molecular formula is C14H18N4O2S. The first-order chi connectivity index (χ1) is 9.91. The summed E-state index contributed by atoms with van der Waals surface area (Å²) in [5.74, 6) is 0.684. The van der Waals surface area contributed by atoms with Crippen molar-refractivity contribution in [1.82, 2.24) is 14.3 Å². The van der Waals surface area contributed by atoms with Crippen molar-refractivity contribution in [3.05, 3.63) is 48.0 Å². The minimum absolute atomic E-state index is 0.251. The number of rotatable bonds is 5. The Morgan fingerprint density at radius 3 is 2.57 bits per heavy atom. The van der Waals surface area contributed by atoms with Crippen molar-refractivity contribution in [2.75, 3.05) is 19.4 Å². The second-order valence-corrected chi connectivity index (χ2v) is 6.85. The fraction of sp³-hybridized carbons (Fsp3) is 0.286. The van der Waals surface area contributed by atoms with Gasteiger partial charge in [-0.15, -0.1) is 0 Å². The predicted molar refractivity (Wildman–Crippen MR) is 81.4 cm³/mol. The average molecular weight is 306 g/mol. The maximum absolute atomic E-state index is 12.3. The Kier molecular flexibility index (Phi) is 4.54. The molecule has 0 aliphatic rings. The van der Waals surface area contributed by atoms with Crippen LogP contribution in [-0.2, 0) is 16.6 Å². The Bertz CT molecular complexity index is 729. The number of sulfonamides is 1. The minimum atomic E-state index is -3.48. The topological polar surface area (TPSA) is 75.2 Å². The van der Waals surface area contributed by atoms with Crippen molar-refractivity contribution in [1.29, 1.82) is 0 Å². The molecule has 1 aromatic heterocycles. The summed E-state index contributed by atoms with van der Waals surface area (Å²) in [6.07, 6.45) is 1.68. The van der Waals surface area contributed by atoms with Gasteiger partial charge in [-0.1, -0.05) is 12.1 Å². The van der Waals surface area contributed by atoms with Crippen molar-refractivity contribution >= 4 is 15.7 Å². The van der Waals surface area contributed by atoms with Crippen LogP contribution in [0.25, 0.3) is 0 Å². The molecule has 112 valence electrons. The van der Waals surface area contributed by atoms with Crippen LogP contribution in [0.4, 0.5) is 5.69 Å². The number of aromatic nitrogens is 2. The Hall–Kier alpha value is -1.99. The standard InChI is InChI=1S/C14H18N4O2S/c1-11-15-9-8-12(17-11)10-16-13-6-4-5-7-14(13)21(19,20)18(2)3/h4-9,16H,10H2,1-3H3. The monoisotopic (exact) mass is 306 g/mol. The van der Waals surface area contributed by atoms with E-state index in [0.717, 1.165) is 5.69 Å². The third-order valence-corrected chi connectivity index (χ3v) is 4.81. The number of para-hydroxylation sites is 1. The largest absolute Gasteiger partial charge is 0.378 e. The second kappa shape index (κ2) is 6.19. The Morgan fingerprint density at radius 2 is 1.90 bits per heavy atom. The van der Waals surface area contributed by atoms with E-state index in [-0.39, 0.29) is 4.90 Å². The highest BCUT2D eigenvalue weighted by atomic mass is 32.2. The number of anilines is 1. The molecule has 0 atom stereocenters. The molecule has 7 heteroatoms. The van der Waals surface area contributed by atoms with Gasteiger partial charge in [0.25, 0.3) is 0 Å². The number of hydrogen-bond donors (Lipinski definition) is 1. The smallest absolute Gasteiger partial charge is 0.244 e. The van der Waals surface area contributed by atoms with Crippen LogP contribution in [0.15, 0.2) is 41.4 Å². The van der Waals surface area contributed by atoms with Gasteiger partial charge in [-0.2, -0.15) is 0 Å². The molecule has 0 saturated carbocycles. The number of benzene rings is 1. The highest BCUT2D eigenvalue weighted by molar-refractivity contribution is 7.89. The Balaban J connectivity index is 2.26. The number of nitrogens with one attached hydrogen (secondary N) is 1. The summed E-state index contributed by atoms with van der Waals surface area (Å²) in [4.78, 5) is 8.57. The third-order valence-electron chi connectivity index (χ3n) is 2.94. The lowest BCUT2D eigenvalue weighted by Crippen LogP contribution is -2.23. The van der Waals surface area contributed by atoms with Gasteiger partial charge in [0.05, 0.1) is 17.9 Å². The zero-order valence-electron chi connectivity index (χ0n) is 12.2. The molecular weight excluding hydrogens is 288 g/mol. The summed E-state index contributed by atoms with van der Waals surface area (Å²) in [5.41, 5.74) is 1.36. The predicted octanol–water partition coefficient (Wildman–Crippen LogP) is 1.65. The summed E-state index contributed by atoms with van der Waals surface area (Å²) >= 11 is 0. The third kappa shape index (κ3) is 3.56. The van der Waals surface area contributed by atoms with E-state index in [9.17, 15) is 8.42 Å². The first kappa shape index (κ1) is 15.4. The molecule has 0 fully saturated rings. The van der Waals surface area contributed by atoms with Crippen LogP contribution in [0, 0.1) is 6.92 Å². The van der Waals surface area contributed by atoms with Gasteiger partial charge in [0.2, 0.25) is 10.0 Å². The fourth-order valence-electron chi connectivity index (χ4n) is 1.82. The van der Waals surface area contributed by atoms with Gasteiger partial charge >= 0.3 is 0 Å². The molecule has 6 nitrogen and oxygen atoms in total. The highest BCUT2D eigenvalue weighted by Crippen LogP contribution is 2.23. The molecule has 0 spiro atoms. The summed E-state index contributed by atoms with van der Waals surface area (Å²) in [7, 11) is -0.454. The second-order valence-electron chi connectivity index (χ2n) is 4.73. The number of aryl methyl sites for hydroxylation is 1. The molecule has 0 amide bonds. The van der Waals surface area contributed by atoms with Gasteiger partial charge < -0.3 is 5.32 Å². The molecule has 1 N–H and O–H groups in total. The molecule has 1 aromatic carbocycles. The van der Waals surface area contributed by atoms with Crippen LogP contribution < -0.4 is 5.32 Å². The first-order valence-electron chi connectivity index (χ1n) is 6.45. The lowest BCUT2D eigenvalue weighted by atomic mass is 10.3. The lowest BCUT2D eigenvalue weighted by molar-refractivity contribution is 0.521. The molecule has 0 radical (unpaired) electrons. The van der Waals surface area contributed by atoms with E-state index in [4.69, 9.17) is 0 Å². The van der Waals surface area contributed by atoms with E-state index < -0.39 is 10.0 Å². The van der Waals surface area contributed by atoms with Gasteiger partial charge in [0.15, 0.2) is 0 Å². The van der Waals surface area contributed by atoms with Crippen LogP contribution in [0.1, 0.15) is 11.5 Å². The van der Waals surface area contributed by atoms with Crippen LogP contribution >= 0.6 is 0 Å². The average Bonchev–Trinajstić information content (AvgIpc) is 2.45. The van der Waals surface area contributed by atoms with Crippen LogP contribution in [0.2, 0.25) is 0 Å². The van der Waals surface area contributed by atoms with Gasteiger partial charge in [-0.05, 0) is 25.1 Å². The van der Waals surface area contributed by atoms with Crippen molar-refractivity contribution < 1.29 is 8.42 Å². The lowest BCUT2D eigenvalue weighted by Gasteiger charge is -2.16. The Morgan fingerprint density at radius 1 is 1.19 bits per heavy atom. The van der Waals surface area contributed by atoms with Gasteiger partial charge in [-0.3, -0.25) is 0 Å². The molecule has 2 aromatic rings. The zero-order valence-corrected chi connectivity index (χ0v) is 13.1. The molecule has 0 saturated heterocycles. The van der Waals surface area contributed by atoms with E-state index in [1.807, 2.05) is 6.92 Å². The highest BCUT2D eigenvalue weighted by Gasteiger charge is 2.20. The van der Waals surface area contributed by atoms with E-state index in [0.29, 0.717) is 18.1 Å². The SMILES string of the molecule is Cc1nccc(CNc2ccccc2S(=O)(=O)N(C)C)n1. The molecule has 21 heavy (non-hydrogen) atoms. The normalized spacial score (nSPS) is 11.6. The van der Waals surface area contributed by atoms with E-state index in [1.54, 1.807) is 36.5 Å². The number of nitrogens with zero attached hydrogens (tertiary/aromatic N) is 3. The molecule has 1 heterocycles. The van der Waals surface area contributed by atoms with Crippen molar-refractivity contribution in [2.24, 2.45) is 0 Å². The molecule has 0 bridgehead atoms. The summed E-state index contributed by atoms with van der Waals surface area (Å²) < 4.78 is 25.8. The summed E-state index contributed by atoms with van der Waals surface area (Å²) in [6, 6.07) is 8.62. The minimum Gasteiger partial charge on any atom is -0.378 e.